The van der Waals surface area contributed by atoms with Crippen LogP contribution in [0, 0.1) is 0 Å². The minimum absolute atomic E-state index is 0.0883. The van der Waals surface area contributed by atoms with Crippen LogP contribution >= 0.6 is 15.9 Å². The highest BCUT2D eigenvalue weighted by molar-refractivity contribution is 9.10. The maximum atomic E-state index is 12.7. The Kier molecular flexibility index (Phi) is 9.41. The van der Waals surface area contributed by atoms with Crippen molar-refractivity contribution >= 4 is 42.7 Å². The van der Waals surface area contributed by atoms with Gasteiger partial charge in [0.1, 0.15) is 5.82 Å². The van der Waals surface area contributed by atoms with E-state index in [1.165, 1.54) is 15.6 Å². The first-order chi connectivity index (χ1) is 18.3. The van der Waals surface area contributed by atoms with Crippen LogP contribution in [0.3, 0.4) is 0 Å². The number of aromatic nitrogens is 2. The van der Waals surface area contributed by atoms with Crippen LogP contribution in [-0.4, -0.2) is 54.2 Å². The van der Waals surface area contributed by atoms with E-state index in [1.54, 1.807) is 6.20 Å². The van der Waals surface area contributed by atoms with Gasteiger partial charge in [0.25, 0.3) is 0 Å². The number of piperazine rings is 1. The molecule has 0 spiro atoms. The maximum Gasteiger partial charge on any atom is 0.242 e. The third-order valence-electron chi connectivity index (χ3n) is 6.65. The van der Waals surface area contributed by atoms with E-state index in [9.17, 15) is 8.42 Å². The van der Waals surface area contributed by atoms with E-state index in [0.29, 0.717) is 18.0 Å². The molecule has 0 radical (unpaired) electrons. The molecule has 1 aliphatic heterocycles. The molecule has 0 amide bonds. The highest BCUT2D eigenvalue weighted by Crippen LogP contribution is 2.28. The van der Waals surface area contributed by atoms with Crippen molar-refractivity contribution in [2.45, 2.75) is 26.3 Å². The minimum atomic E-state index is -3.47. The van der Waals surface area contributed by atoms with Crippen LogP contribution in [0.5, 0.6) is 0 Å². The van der Waals surface area contributed by atoms with E-state index in [4.69, 9.17) is 0 Å². The van der Waals surface area contributed by atoms with Crippen molar-refractivity contribution in [2.24, 2.45) is 0 Å². The number of hydrogen-bond acceptors (Lipinski definition) is 5. The number of pyridine rings is 1. The van der Waals surface area contributed by atoms with Crippen molar-refractivity contribution in [3.63, 3.8) is 0 Å². The van der Waals surface area contributed by atoms with Gasteiger partial charge in [0.2, 0.25) is 10.0 Å². The van der Waals surface area contributed by atoms with Crippen LogP contribution in [0.4, 0.5) is 5.82 Å². The molecule has 1 aliphatic rings. The SMILES string of the molecule is C=CCS(=O)(=O)n1cc(CN2CCN(c3ccccn3)CC2)c2cc(Br)ccc21.CC(C)c1ccccc1. The van der Waals surface area contributed by atoms with Gasteiger partial charge in [-0.05, 0) is 47.4 Å². The lowest BCUT2D eigenvalue weighted by molar-refractivity contribution is 0.250. The molecule has 0 unspecified atom stereocenters. The van der Waals surface area contributed by atoms with Crippen molar-refractivity contribution in [2.75, 3.05) is 36.8 Å². The molecule has 0 N–H and O–H groups in total. The molecule has 8 heteroatoms. The second-order valence-electron chi connectivity index (χ2n) is 9.70. The standard InChI is InChI=1S/C21H23BrN4O2S.C9H12/c1-2-13-29(27,28)26-16-17(19-14-18(22)6-7-20(19)26)15-24-9-11-25(12-10-24)21-5-3-4-8-23-21;1-8(2)9-6-4-3-5-7-9/h2-8,14,16H,1,9-13,15H2;3-8H,1-2H3. The topological polar surface area (TPSA) is 58.4 Å². The summed E-state index contributed by atoms with van der Waals surface area (Å²) in [6.45, 7) is 12.3. The van der Waals surface area contributed by atoms with Gasteiger partial charge < -0.3 is 4.90 Å². The molecule has 0 saturated carbocycles. The predicted molar refractivity (Wildman–Crippen MR) is 161 cm³/mol. The molecule has 1 saturated heterocycles. The van der Waals surface area contributed by atoms with Gasteiger partial charge in [0.15, 0.2) is 0 Å². The Morgan fingerprint density at radius 1 is 1.00 bits per heavy atom. The van der Waals surface area contributed by atoms with Crippen molar-refractivity contribution in [1.82, 2.24) is 13.9 Å². The first kappa shape index (κ1) is 28.1. The molecule has 5 rings (SSSR count). The Morgan fingerprint density at radius 2 is 1.71 bits per heavy atom. The van der Waals surface area contributed by atoms with Crippen LogP contribution in [0.1, 0.15) is 30.9 Å². The Morgan fingerprint density at radius 3 is 2.32 bits per heavy atom. The van der Waals surface area contributed by atoms with E-state index in [1.807, 2.05) is 48.7 Å². The highest BCUT2D eigenvalue weighted by atomic mass is 79.9. The fraction of sp³-hybridized carbons (Fsp3) is 0.300. The molecule has 3 heterocycles. The number of anilines is 1. The van der Waals surface area contributed by atoms with Crippen LogP contribution in [0.25, 0.3) is 10.9 Å². The molecule has 4 aromatic rings. The molecule has 6 nitrogen and oxygen atoms in total. The first-order valence-corrected chi connectivity index (χ1v) is 15.3. The van der Waals surface area contributed by atoms with E-state index in [2.05, 4.69) is 75.4 Å². The molecule has 200 valence electrons. The fourth-order valence-electron chi connectivity index (χ4n) is 4.58. The van der Waals surface area contributed by atoms with E-state index in [0.717, 1.165) is 47.4 Å². The zero-order valence-electron chi connectivity index (χ0n) is 22.0. The summed E-state index contributed by atoms with van der Waals surface area (Å²) < 4.78 is 27.7. The Balaban J connectivity index is 0.000000317. The summed E-state index contributed by atoms with van der Waals surface area (Å²) in [7, 11) is -3.47. The summed E-state index contributed by atoms with van der Waals surface area (Å²) in [5.74, 6) is 1.57. The third-order valence-corrected chi connectivity index (χ3v) is 8.70. The molecule has 1 fully saturated rings. The van der Waals surface area contributed by atoms with E-state index in [-0.39, 0.29) is 5.75 Å². The summed E-state index contributed by atoms with van der Waals surface area (Å²) in [4.78, 5) is 9.08. The van der Waals surface area contributed by atoms with Crippen molar-refractivity contribution < 1.29 is 8.42 Å². The number of halogens is 1. The number of nitrogens with zero attached hydrogens (tertiary/aromatic N) is 4. The highest BCUT2D eigenvalue weighted by Gasteiger charge is 2.22. The van der Waals surface area contributed by atoms with Crippen LogP contribution < -0.4 is 4.90 Å². The zero-order chi connectivity index (χ0) is 27.1. The van der Waals surface area contributed by atoms with Crippen molar-refractivity contribution in [3.05, 3.63) is 107 Å². The monoisotopic (exact) mass is 594 g/mol. The number of fused-ring (bicyclic) bond motifs is 1. The quantitative estimate of drug-likeness (QED) is 0.235. The first-order valence-electron chi connectivity index (χ1n) is 12.9. The number of hydrogen-bond donors (Lipinski definition) is 0. The van der Waals surface area contributed by atoms with Gasteiger partial charge in [0, 0.05) is 55.0 Å². The lowest BCUT2D eigenvalue weighted by Crippen LogP contribution is -2.46. The predicted octanol–water partition coefficient (Wildman–Crippen LogP) is 6.29. The molecular weight excluding hydrogens is 560 g/mol. The second-order valence-corrected chi connectivity index (χ2v) is 12.5. The Hall–Kier alpha value is -2.94. The fourth-order valence-corrected chi connectivity index (χ4v) is 6.14. The largest absolute Gasteiger partial charge is 0.354 e. The average molecular weight is 596 g/mol. The smallest absolute Gasteiger partial charge is 0.242 e. The van der Waals surface area contributed by atoms with Gasteiger partial charge in [0.05, 0.1) is 11.3 Å². The molecule has 0 atom stereocenters. The average Bonchev–Trinajstić information content (AvgIpc) is 3.28. The summed E-state index contributed by atoms with van der Waals surface area (Å²) in [6, 6.07) is 22.2. The molecule has 0 bridgehead atoms. The van der Waals surface area contributed by atoms with E-state index < -0.39 is 10.0 Å². The second kappa shape index (κ2) is 12.7. The minimum Gasteiger partial charge on any atom is -0.354 e. The van der Waals surface area contributed by atoms with Crippen molar-refractivity contribution in [3.8, 4) is 0 Å². The van der Waals surface area contributed by atoms with Crippen LogP contribution in [-0.2, 0) is 16.6 Å². The zero-order valence-corrected chi connectivity index (χ0v) is 24.4. The van der Waals surface area contributed by atoms with E-state index >= 15 is 0 Å². The van der Waals surface area contributed by atoms with Crippen LogP contribution in [0.15, 0.2) is 96.3 Å². The van der Waals surface area contributed by atoms with Gasteiger partial charge >= 0.3 is 0 Å². The van der Waals surface area contributed by atoms with Gasteiger partial charge in [-0.15, -0.1) is 6.58 Å². The van der Waals surface area contributed by atoms with Crippen molar-refractivity contribution in [1.29, 1.82) is 0 Å². The summed E-state index contributed by atoms with van der Waals surface area (Å²) in [6.07, 6.45) is 5.01. The van der Waals surface area contributed by atoms with Gasteiger partial charge in [-0.25, -0.2) is 17.4 Å². The van der Waals surface area contributed by atoms with Gasteiger partial charge in [-0.2, -0.15) is 0 Å². The Labute approximate surface area is 234 Å². The lowest BCUT2D eigenvalue weighted by Gasteiger charge is -2.35. The molecule has 0 aliphatic carbocycles. The van der Waals surface area contributed by atoms with Gasteiger partial charge in [-0.1, -0.05) is 72.3 Å². The normalized spacial score (nSPS) is 14.4. The summed E-state index contributed by atoms with van der Waals surface area (Å²) >= 11 is 3.51. The maximum absolute atomic E-state index is 12.7. The Bertz CT molecular complexity index is 1450. The number of rotatable bonds is 7. The number of benzene rings is 2. The molecule has 2 aromatic heterocycles. The summed E-state index contributed by atoms with van der Waals surface area (Å²) in [5, 5.41) is 0.958. The lowest BCUT2D eigenvalue weighted by atomic mass is 10.0. The molecule has 38 heavy (non-hydrogen) atoms. The molecule has 2 aromatic carbocycles. The summed E-state index contributed by atoms with van der Waals surface area (Å²) in [5.41, 5.74) is 3.13. The van der Waals surface area contributed by atoms with Crippen LogP contribution in [0.2, 0.25) is 0 Å². The third kappa shape index (κ3) is 6.92. The molecular formula is C30H35BrN4O2S. The van der Waals surface area contributed by atoms with Gasteiger partial charge in [-0.3, -0.25) is 4.90 Å².